The normalized spacial score (nSPS) is 14.5. The maximum Gasteiger partial charge on any atom is 0.239 e. The van der Waals surface area contributed by atoms with Crippen LogP contribution in [0.4, 0.5) is 4.39 Å². The molecule has 1 amide bonds. The smallest absolute Gasteiger partial charge is 0.239 e. The largest absolute Gasteiger partial charge is 0.489 e. The van der Waals surface area contributed by atoms with Crippen LogP contribution in [0.3, 0.4) is 0 Å². The van der Waals surface area contributed by atoms with Gasteiger partial charge in [0.15, 0.2) is 0 Å². The minimum Gasteiger partial charge on any atom is -0.489 e. The molecule has 6 heteroatoms. The highest BCUT2D eigenvalue weighted by molar-refractivity contribution is 5.85. The molecule has 0 bridgehead atoms. The molecule has 2 atom stereocenters. The van der Waals surface area contributed by atoms with Gasteiger partial charge in [-0.05, 0) is 32.4 Å². The molecule has 21 heavy (non-hydrogen) atoms. The van der Waals surface area contributed by atoms with Crippen molar-refractivity contribution in [3.05, 3.63) is 30.1 Å². The van der Waals surface area contributed by atoms with E-state index in [9.17, 15) is 9.18 Å². The Morgan fingerprint density at radius 3 is 2.76 bits per heavy atom. The minimum absolute atomic E-state index is 0. The molecular weight excluding hydrogens is 295 g/mol. The molecule has 2 unspecified atom stereocenters. The summed E-state index contributed by atoms with van der Waals surface area (Å²) in [6.07, 6.45) is 1.20. The average Bonchev–Trinajstić information content (AvgIpc) is 2.35. The Morgan fingerprint density at radius 1 is 1.52 bits per heavy atom. The molecule has 0 spiro atoms. The van der Waals surface area contributed by atoms with E-state index in [-0.39, 0.29) is 30.2 Å². The summed E-state index contributed by atoms with van der Waals surface area (Å²) >= 11 is 0. The van der Waals surface area contributed by atoms with E-state index in [2.05, 4.69) is 5.32 Å². The lowest BCUT2D eigenvalue weighted by atomic mass is 9.96. The topological polar surface area (TPSA) is 64.4 Å². The van der Waals surface area contributed by atoms with Crippen molar-refractivity contribution in [3.63, 3.8) is 0 Å². The van der Waals surface area contributed by atoms with Crippen LogP contribution >= 0.6 is 12.4 Å². The highest BCUT2D eigenvalue weighted by Gasteiger charge is 2.27. The van der Waals surface area contributed by atoms with Crippen LogP contribution in [0.5, 0.6) is 5.75 Å². The van der Waals surface area contributed by atoms with Crippen molar-refractivity contribution >= 4 is 18.3 Å². The quantitative estimate of drug-likeness (QED) is 0.812. The number of halogens is 2. The summed E-state index contributed by atoms with van der Waals surface area (Å²) in [5.41, 5.74) is 5.06. The first-order valence-electron chi connectivity index (χ1n) is 6.84. The molecule has 0 aliphatic heterocycles. The molecule has 0 radical (unpaired) electrons. The molecular formula is C15H24ClFN2O2. The summed E-state index contributed by atoms with van der Waals surface area (Å²) in [7, 11) is 0. The van der Waals surface area contributed by atoms with Crippen LogP contribution in [0.1, 0.15) is 33.6 Å². The number of carbonyl (C=O) groups excluding carboxylic acids is 1. The fourth-order valence-electron chi connectivity index (χ4n) is 1.89. The van der Waals surface area contributed by atoms with Crippen molar-refractivity contribution in [2.45, 2.75) is 45.3 Å². The third kappa shape index (κ3) is 6.78. The van der Waals surface area contributed by atoms with Crippen LogP contribution in [0.25, 0.3) is 0 Å². The number of hydrogen-bond donors (Lipinski definition) is 2. The second kappa shape index (κ2) is 8.85. The van der Waals surface area contributed by atoms with Gasteiger partial charge in [0.2, 0.25) is 5.91 Å². The summed E-state index contributed by atoms with van der Waals surface area (Å²) in [5, 5.41) is 2.76. The fraction of sp³-hybridized carbons (Fsp3) is 0.533. The molecule has 0 saturated heterocycles. The third-order valence-corrected chi connectivity index (χ3v) is 2.97. The van der Waals surface area contributed by atoms with Gasteiger partial charge in [0.1, 0.15) is 17.7 Å². The Balaban J connectivity index is 0.00000400. The lowest BCUT2D eigenvalue weighted by Crippen LogP contribution is -2.53. The standard InChI is InChI=1S/C15H23FN2O2.ClH/c1-4-8-15(3,17)14(19)18-10-11(2)20-13-7-5-6-12(16)9-13;/h5-7,9,11H,4,8,10,17H2,1-3H3,(H,18,19);1H. The first kappa shape index (κ1) is 19.7. The second-order valence-electron chi connectivity index (χ2n) is 5.26. The molecule has 4 nitrogen and oxygen atoms in total. The van der Waals surface area contributed by atoms with Gasteiger partial charge < -0.3 is 15.8 Å². The van der Waals surface area contributed by atoms with E-state index in [1.165, 1.54) is 12.1 Å². The molecule has 0 fully saturated rings. The maximum atomic E-state index is 13.0. The fourth-order valence-corrected chi connectivity index (χ4v) is 1.89. The summed E-state index contributed by atoms with van der Waals surface area (Å²) < 4.78 is 18.5. The Labute approximate surface area is 131 Å². The predicted molar refractivity (Wildman–Crippen MR) is 84.2 cm³/mol. The first-order chi connectivity index (χ1) is 9.35. The van der Waals surface area contributed by atoms with Gasteiger partial charge >= 0.3 is 0 Å². The van der Waals surface area contributed by atoms with Crippen LogP contribution < -0.4 is 15.8 Å². The summed E-state index contributed by atoms with van der Waals surface area (Å²) in [4.78, 5) is 11.9. The maximum absolute atomic E-state index is 13.0. The average molecular weight is 319 g/mol. The lowest BCUT2D eigenvalue weighted by molar-refractivity contribution is -0.126. The van der Waals surface area contributed by atoms with E-state index in [0.717, 1.165) is 6.42 Å². The molecule has 1 aromatic carbocycles. The SMILES string of the molecule is CCCC(C)(N)C(=O)NCC(C)Oc1cccc(F)c1.Cl. The number of ether oxygens (including phenoxy) is 1. The van der Waals surface area contributed by atoms with Crippen LogP contribution in [0.2, 0.25) is 0 Å². The number of nitrogens with two attached hydrogens (primary N) is 1. The van der Waals surface area contributed by atoms with Crippen molar-refractivity contribution < 1.29 is 13.9 Å². The number of hydrogen-bond acceptors (Lipinski definition) is 3. The molecule has 0 aliphatic rings. The van der Waals surface area contributed by atoms with E-state index in [1.54, 1.807) is 26.0 Å². The van der Waals surface area contributed by atoms with E-state index < -0.39 is 5.54 Å². The molecule has 0 heterocycles. The van der Waals surface area contributed by atoms with Gasteiger partial charge in [-0.1, -0.05) is 19.4 Å². The molecule has 1 rings (SSSR count). The van der Waals surface area contributed by atoms with Gasteiger partial charge in [-0.3, -0.25) is 4.79 Å². The van der Waals surface area contributed by atoms with Gasteiger partial charge in [-0.15, -0.1) is 12.4 Å². The molecule has 0 saturated carbocycles. The van der Waals surface area contributed by atoms with Crippen molar-refractivity contribution in [1.29, 1.82) is 0 Å². The monoisotopic (exact) mass is 318 g/mol. The highest BCUT2D eigenvalue weighted by atomic mass is 35.5. The lowest BCUT2D eigenvalue weighted by Gasteiger charge is -2.24. The molecule has 120 valence electrons. The van der Waals surface area contributed by atoms with Gasteiger partial charge in [-0.25, -0.2) is 4.39 Å². The van der Waals surface area contributed by atoms with Crippen LogP contribution in [-0.2, 0) is 4.79 Å². The highest BCUT2D eigenvalue weighted by Crippen LogP contribution is 2.14. The number of amides is 1. The summed E-state index contributed by atoms with van der Waals surface area (Å²) in [6.45, 7) is 5.82. The zero-order chi connectivity index (χ0) is 15.2. The summed E-state index contributed by atoms with van der Waals surface area (Å²) in [5.74, 6) is -0.110. The Kier molecular flexibility index (Phi) is 8.29. The molecule has 3 N–H and O–H groups in total. The Morgan fingerprint density at radius 2 is 2.19 bits per heavy atom. The molecule has 0 aromatic heterocycles. The van der Waals surface area contributed by atoms with Crippen molar-refractivity contribution in [1.82, 2.24) is 5.32 Å². The van der Waals surface area contributed by atoms with Crippen molar-refractivity contribution in [2.24, 2.45) is 5.73 Å². The Hall–Kier alpha value is -1.33. The van der Waals surface area contributed by atoms with E-state index in [1.807, 2.05) is 6.92 Å². The van der Waals surface area contributed by atoms with E-state index in [0.29, 0.717) is 18.7 Å². The first-order valence-corrected chi connectivity index (χ1v) is 6.84. The van der Waals surface area contributed by atoms with Crippen LogP contribution in [0, 0.1) is 5.82 Å². The van der Waals surface area contributed by atoms with Gasteiger partial charge in [0.05, 0.1) is 12.1 Å². The van der Waals surface area contributed by atoms with E-state index >= 15 is 0 Å². The van der Waals surface area contributed by atoms with Crippen LogP contribution in [0.15, 0.2) is 24.3 Å². The molecule has 1 aromatic rings. The zero-order valence-electron chi connectivity index (χ0n) is 12.7. The van der Waals surface area contributed by atoms with Crippen molar-refractivity contribution in [2.75, 3.05) is 6.54 Å². The second-order valence-corrected chi connectivity index (χ2v) is 5.26. The number of benzene rings is 1. The Bertz CT molecular complexity index is 455. The van der Waals surface area contributed by atoms with Gasteiger partial charge in [0, 0.05) is 6.07 Å². The number of rotatable bonds is 7. The predicted octanol–water partition coefficient (Wildman–Crippen LogP) is 2.65. The molecule has 0 aliphatic carbocycles. The third-order valence-electron chi connectivity index (χ3n) is 2.97. The van der Waals surface area contributed by atoms with Crippen LogP contribution in [-0.4, -0.2) is 24.1 Å². The zero-order valence-corrected chi connectivity index (χ0v) is 13.5. The summed E-state index contributed by atoms with van der Waals surface area (Å²) in [6, 6.07) is 5.91. The minimum atomic E-state index is -0.868. The number of nitrogens with one attached hydrogen (secondary N) is 1. The van der Waals surface area contributed by atoms with E-state index in [4.69, 9.17) is 10.5 Å². The van der Waals surface area contributed by atoms with Gasteiger partial charge in [0.25, 0.3) is 0 Å². The number of carbonyl (C=O) groups is 1. The van der Waals surface area contributed by atoms with Gasteiger partial charge in [-0.2, -0.15) is 0 Å². The van der Waals surface area contributed by atoms with Crippen molar-refractivity contribution in [3.8, 4) is 5.75 Å².